The van der Waals surface area contributed by atoms with Crippen molar-refractivity contribution in [2.24, 2.45) is 0 Å². The van der Waals surface area contributed by atoms with Crippen LogP contribution in [0.15, 0.2) is 36.4 Å². The molecular formula is C16H23ClN2. The Bertz CT molecular complexity index is 440. The van der Waals surface area contributed by atoms with Crippen LogP contribution in [0, 0.1) is 0 Å². The van der Waals surface area contributed by atoms with Crippen molar-refractivity contribution in [3.05, 3.63) is 47.0 Å². The molecule has 1 aliphatic carbocycles. The average Bonchev–Trinajstić information content (AvgIpc) is 3.20. The van der Waals surface area contributed by atoms with E-state index < -0.39 is 0 Å². The number of nitrogens with one attached hydrogen (secondary N) is 1. The van der Waals surface area contributed by atoms with Gasteiger partial charge in [-0.2, -0.15) is 0 Å². The number of rotatable bonds is 7. The summed E-state index contributed by atoms with van der Waals surface area (Å²) < 4.78 is 0. The molecule has 104 valence electrons. The summed E-state index contributed by atoms with van der Waals surface area (Å²) in [5, 5.41) is 4.34. The van der Waals surface area contributed by atoms with Crippen LogP contribution < -0.4 is 5.32 Å². The molecule has 0 heterocycles. The summed E-state index contributed by atoms with van der Waals surface area (Å²) in [6, 6.07) is 9.08. The molecule has 1 aromatic rings. The Morgan fingerprint density at radius 2 is 2.16 bits per heavy atom. The second-order valence-corrected chi connectivity index (χ2v) is 5.92. The molecule has 0 aromatic heterocycles. The van der Waals surface area contributed by atoms with Crippen LogP contribution in [0.25, 0.3) is 0 Å². The fourth-order valence-electron chi connectivity index (χ4n) is 2.17. The Morgan fingerprint density at radius 1 is 1.47 bits per heavy atom. The average molecular weight is 279 g/mol. The second-order valence-electron chi connectivity index (χ2n) is 5.52. The van der Waals surface area contributed by atoms with Crippen LogP contribution >= 0.6 is 11.6 Å². The van der Waals surface area contributed by atoms with E-state index in [0.29, 0.717) is 6.04 Å². The highest BCUT2D eigenvalue weighted by Crippen LogP contribution is 2.26. The van der Waals surface area contributed by atoms with Crippen molar-refractivity contribution >= 4 is 11.6 Å². The van der Waals surface area contributed by atoms with E-state index in [1.165, 1.54) is 24.0 Å². The zero-order valence-corrected chi connectivity index (χ0v) is 12.6. The van der Waals surface area contributed by atoms with Gasteiger partial charge in [0.1, 0.15) is 0 Å². The SMILES string of the molecule is C=C(CNC1CC1)CN(C)C(C)c1ccccc1Cl. The highest BCUT2D eigenvalue weighted by molar-refractivity contribution is 6.31. The Kier molecular flexibility index (Phi) is 5.03. The van der Waals surface area contributed by atoms with Crippen LogP contribution in [0.2, 0.25) is 5.02 Å². The molecule has 2 nitrogen and oxygen atoms in total. The van der Waals surface area contributed by atoms with Crippen LogP contribution in [-0.2, 0) is 0 Å². The van der Waals surface area contributed by atoms with Gasteiger partial charge in [0.2, 0.25) is 0 Å². The van der Waals surface area contributed by atoms with Crippen molar-refractivity contribution < 1.29 is 0 Å². The predicted octanol–water partition coefficient (Wildman–Crippen LogP) is 3.64. The van der Waals surface area contributed by atoms with Gasteiger partial charge in [-0.25, -0.2) is 0 Å². The molecule has 1 aromatic carbocycles. The first-order chi connectivity index (χ1) is 9.08. The number of benzene rings is 1. The standard InChI is InChI=1S/C16H23ClN2/c1-12(10-18-14-8-9-14)11-19(3)13(2)15-6-4-5-7-16(15)17/h4-7,13-14,18H,1,8-11H2,2-3H3. The van der Waals surface area contributed by atoms with Gasteiger partial charge < -0.3 is 5.32 Å². The summed E-state index contributed by atoms with van der Waals surface area (Å²) in [5.41, 5.74) is 2.41. The van der Waals surface area contributed by atoms with Crippen molar-refractivity contribution in [2.45, 2.75) is 31.8 Å². The molecule has 0 bridgehead atoms. The van der Waals surface area contributed by atoms with E-state index in [9.17, 15) is 0 Å². The van der Waals surface area contributed by atoms with Gasteiger partial charge in [0.25, 0.3) is 0 Å². The lowest BCUT2D eigenvalue weighted by atomic mass is 10.1. The van der Waals surface area contributed by atoms with Crippen LogP contribution in [0.1, 0.15) is 31.4 Å². The largest absolute Gasteiger partial charge is 0.310 e. The molecule has 0 spiro atoms. The molecule has 3 heteroatoms. The normalized spacial score (nSPS) is 16.6. The third-order valence-electron chi connectivity index (χ3n) is 3.71. The number of halogens is 1. The molecule has 19 heavy (non-hydrogen) atoms. The third kappa shape index (κ3) is 4.34. The maximum Gasteiger partial charge on any atom is 0.0453 e. The summed E-state index contributed by atoms with van der Waals surface area (Å²) in [6.45, 7) is 8.15. The van der Waals surface area contributed by atoms with Gasteiger partial charge in [0.05, 0.1) is 0 Å². The van der Waals surface area contributed by atoms with Crippen molar-refractivity contribution in [1.82, 2.24) is 10.2 Å². The minimum absolute atomic E-state index is 0.298. The minimum atomic E-state index is 0.298. The zero-order chi connectivity index (χ0) is 13.8. The van der Waals surface area contributed by atoms with Gasteiger partial charge in [0.15, 0.2) is 0 Å². The Hall–Kier alpha value is -0.830. The van der Waals surface area contributed by atoms with E-state index in [1.54, 1.807) is 0 Å². The first-order valence-electron chi connectivity index (χ1n) is 6.92. The lowest BCUT2D eigenvalue weighted by molar-refractivity contribution is 0.281. The van der Waals surface area contributed by atoms with Gasteiger partial charge in [-0.15, -0.1) is 0 Å². The zero-order valence-electron chi connectivity index (χ0n) is 11.8. The minimum Gasteiger partial charge on any atom is -0.310 e. The third-order valence-corrected chi connectivity index (χ3v) is 4.05. The topological polar surface area (TPSA) is 15.3 Å². The van der Waals surface area contributed by atoms with E-state index in [0.717, 1.165) is 24.2 Å². The maximum absolute atomic E-state index is 6.25. The predicted molar refractivity (Wildman–Crippen MR) is 82.7 cm³/mol. The molecule has 1 N–H and O–H groups in total. The molecule has 1 fully saturated rings. The first-order valence-corrected chi connectivity index (χ1v) is 7.30. The van der Waals surface area contributed by atoms with Crippen molar-refractivity contribution in [1.29, 1.82) is 0 Å². The molecule has 1 atom stereocenters. The molecular weight excluding hydrogens is 256 g/mol. The van der Waals surface area contributed by atoms with E-state index in [4.69, 9.17) is 11.6 Å². The molecule has 0 amide bonds. The van der Waals surface area contributed by atoms with E-state index >= 15 is 0 Å². The molecule has 0 aliphatic heterocycles. The first kappa shape index (κ1) is 14.6. The molecule has 0 saturated heterocycles. The second kappa shape index (κ2) is 6.56. The van der Waals surface area contributed by atoms with Crippen LogP contribution in [0.4, 0.5) is 0 Å². The quantitative estimate of drug-likeness (QED) is 0.766. The number of hydrogen-bond donors (Lipinski definition) is 1. The maximum atomic E-state index is 6.25. The number of hydrogen-bond acceptors (Lipinski definition) is 2. The molecule has 2 rings (SSSR count). The van der Waals surface area contributed by atoms with Crippen LogP contribution in [0.3, 0.4) is 0 Å². The lowest BCUT2D eigenvalue weighted by Gasteiger charge is -2.26. The van der Waals surface area contributed by atoms with E-state index in [-0.39, 0.29) is 0 Å². The van der Waals surface area contributed by atoms with Crippen molar-refractivity contribution in [3.8, 4) is 0 Å². The van der Waals surface area contributed by atoms with E-state index in [1.807, 2.05) is 18.2 Å². The Labute approximate surface area is 121 Å². The summed E-state index contributed by atoms with van der Waals surface area (Å²) >= 11 is 6.25. The fourth-order valence-corrected chi connectivity index (χ4v) is 2.47. The van der Waals surface area contributed by atoms with Gasteiger partial charge in [-0.05, 0) is 44.0 Å². The van der Waals surface area contributed by atoms with E-state index in [2.05, 4.69) is 36.8 Å². The number of nitrogens with zero attached hydrogens (tertiary/aromatic N) is 1. The smallest absolute Gasteiger partial charge is 0.0453 e. The monoisotopic (exact) mass is 278 g/mol. The lowest BCUT2D eigenvalue weighted by Crippen LogP contribution is -2.29. The van der Waals surface area contributed by atoms with Gasteiger partial charge >= 0.3 is 0 Å². The Morgan fingerprint density at radius 3 is 2.79 bits per heavy atom. The van der Waals surface area contributed by atoms with Crippen LogP contribution in [0.5, 0.6) is 0 Å². The summed E-state index contributed by atoms with van der Waals surface area (Å²) in [7, 11) is 2.12. The Balaban J connectivity index is 1.85. The molecule has 1 saturated carbocycles. The van der Waals surface area contributed by atoms with Crippen molar-refractivity contribution in [2.75, 3.05) is 20.1 Å². The fraction of sp³-hybridized carbons (Fsp3) is 0.500. The van der Waals surface area contributed by atoms with Crippen molar-refractivity contribution in [3.63, 3.8) is 0 Å². The highest BCUT2D eigenvalue weighted by atomic mass is 35.5. The molecule has 1 unspecified atom stereocenters. The summed E-state index contributed by atoms with van der Waals surface area (Å²) in [4.78, 5) is 2.29. The summed E-state index contributed by atoms with van der Waals surface area (Å²) in [6.07, 6.45) is 2.64. The highest BCUT2D eigenvalue weighted by Gasteiger charge is 2.21. The summed E-state index contributed by atoms with van der Waals surface area (Å²) in [5.74, 6) is 0. The van der Waals surface area contributed by atoms with Gasteiger partial charge in [0, 0.05) is 30.2 Å². The molecule has 0 radical (unpaired) electrons. The number of likely N-dealkylation sites (N-methyl/N-ethyl adjacent to an activating group) is 1. The molecule has 1 aliphatic rings. The van der Waals surface area contributed by atoms with Crippen LogP contribution in [-0.4, -0.2) is 31.1 Å². The van der Waals surface area contributed by atoms with Gasteiger partial charge in [-0.1, -0.05) is 36.4 Å². The van der Waals surface area contributed by atoms with Gasteiger partial charge in [-0.3, -0.25) is 4.90 Å².